The molecule has 0 radical (unpaired) electrons. The van der Waals surface area contributed by atoms with Crippen LogP contribution in [-0.2, 0) is 19.7 Å². The third kappa shape index (κ3) is 2.92. The molecule has 1 atom stereocenters. The van der Waals surface area contributed by atoms with E-state index in [4.69, 9.17) is 0 Å². The van der Waals surface area contributed by atoms with Crippen LogP contribution in [0, 0.1) is 5.92 Å². The maximum Gasteiger partial charge on any atom is 0.421 e. The van der Waals surface area contributed by atoms with Crippen molar-refractivity contribution in [3.63, 3.8) is 0 Å². The van der Waals surface area contributed by atoms with Gasteiger partial charge in [0.05, 0.1) is 7.11 Å². The van der Waals surface area contributed by atoms with Crippen molar-refractivity contribution in [3.05, 3.63) is 0 Å². The van der Waals surface area contributed by atoms with E-state index in [0.717, 1.165) is 11.4 Å². The second-order valence-corrected chi connectivity index (χ2v) is 5.24. The summed E-state index contributed by atoms with van der Waals surface area (Å²) in [7, 11) is -2.82. The maximum absolute atomic E-state index is 11.6. The highest BCUT2D eigenvalue weighted by Gasteiger charge is 2.32. The molecule has 16 heavy (non-hydrogen) atoms. The molecule has 0 aliphatic carbocycles. The minimum absolute atomic E-state index is 0.0320. The summed E-state index contributed by atoms with van der Waals surface area (Å²) in [5.41, 5.74) is 0. The van der Waals surface area contributed by atoms with Crippen LogP contribution in [0.15, 0.2) is 0 Å². The number of hydrogen-bond acceptors (Lipinski definition) is 5. The van der Waals surface area contributed by atoms with Crippen LogP contribution in [0.2, 0.25) is 0 Å². The molecule has 1 aliphatic rings. The first-order chi connectivity index (χ1) is 7.36. The van der Waals surface area contributed by atoms with E-state index in [1.807, 2.05) is 0 Å². The molecule has 0 spiro atoms. The number of rotatable bonds is 2. The van der Waals surface area contributed by atoms with Gasteiger partial charge in [0.25, 0.3) is 0 Å². The molecule has 1 unspecified atom stereocenters. The zero-order valence-electron chi connectivity index (χ0n) is 9.10. The lowest BCUT2D eigenvalue weighted by atomic mass is 10.0. The Bertz CT molecular complexity index is 391. The van der Waals surface area contributed by atoms with Crippen molar-refractivity contribution in [2.45, 2.75) is 13.3 Å². The molecule has 0 bridgehead atoms. The molecule has 1 heterocycles. The molecule has 7 nitrogen and oxygen atoms in total. The predicted molar refractivity (Wildman–Crippen MR) is 54.8 cm³/mol. The smallest absolute Gasteiger partial charge is 0.421 e. The van der Waals surface area contributed by atoms with Gasteiger partial charge in [-0.25, -0.2) is 9.52 Å². The van der Waals surface area contributed by atoms with Crippen LogP contribution in [-0.4, -0.2) is 44.8 Å². The Morgan fingerprint density at radius 1 is 1.56 bits per heavy atom. The molecule has 1 N–H and O–H groups in total. The average Bonchev–Trinajstić information content (AvgIpc) is 2.21. The van der Waals surface area contributed by atoms with Crippen LogP contribution in [0.25, 0.3) is 0 Å². The summed E-state index contributed by atoms with van der Waals surface area (Å²) in [6.07, 6.45) is -0.868. The molecule has 1 fully saturated rings. The SMILES string of the molecule is COC(=O)NS(=O)(=O)N1CCC(=O)C(C)C1. The zero-order valence-corrected chi connectivity index (χ0v) is 9.91. The first kappa shape index (κ1) is 12.9. The second-order valence-electron chi connectivity index (χ2n) is 3.57. The Hall–Kier alpha value is -1.15. The standard InChI is InChI=1S/C8H14N2O5S/c1-6-5-10(4-3-7(6)11)16(13,14)9-8(12)15-2/h6H,3-5H2,1-2H3,(H,9,12). The van der Waals surface area contributed by atoms with E-state index >= 15 is 0 Å². The Morgan fingerprint density at radius 3 is 2.69 bits per heavy atom. The van der Waals surface area contributed by atoms with Crippen molar-refractivity contribution in [2.24, 2.45) is 5.92 Å². The molecule has 0 saturated carbocycles. The number of methoxy groups -OCH3 is 1. The van der Waals surface area contributed by atoms with E-state index in [1.54, 1.807) is 11.6 Å². The normalized spacial score (nSPS) is 22.9. The van der Waals surface area contributed by atoms with Gasteiger partial charge in [-0.05, 0) is 0 Å². The first-order valence-corrected chi connectivity index (χ1v) is 6.19. The summed E-state index contributed by atoms with van der Waals surface area (Å²) < 4.78 is 30.2. The Balaban J connectivity index is 2.70. The van der Waals surface area contributed by atoms with Crippen molar-refractivity contribution in [1.82, 2.24) is 9.03 Å². The molecule has 8 heteroatoms. The highest BCUT2D eigenvalue weighted by Crippen LogP contribution is 2.14. The summed E-state index contributed by atoms with van der Waals surface area (Å²) in [6, 6.07) is 0. The highest BCUT2D eigenvalue weighted by atomic mass is 32.2. The van der Waals surface area contributed by atoms with Crippen LogP contribution in [0.1, 0.15) is 13.3 Å². The molecule has 1 rings (SSSR count). The van der Waals surface area contributed by atoms with Gasteiger partial charge in [0, 0.05) is 25.4 Å². The van der Waals surface area contributed by atoms with Crippen molar-refractivity contribution in [1.29, 1.82) is 0 Å². The summed E-state index contributed by atoms with van der Waals surface area (Å²) in [5, 5.41) is 0. The van der Waals surface area contributed by atoms with E-state index in [9.17, 15) is 18.0 Å². The van der Waals surface area contributed by atoms with E-state index in [-0.39, 0.29) is 31.2 Å². The van der Waals surface area contributed by atoms with Crippen molar-refractivity contribution < 1.29 is 22.7 Å². The lowest BCUT2D eigenvalue weighted by Crippen LogP contribution is -2.49. The summed E-state index contributed by atoms with van der Waals surface area (Å²) in [6.45, 7) is 1.84. The largest absolute Gasteiger partial charge is 0.452 e. The van der Waals surface area contributed by atoms with E-state index in [1.165, 1.54) is 0 Å². The predicted octanol–water partition coefficient (Wildman–Crippen LogP) is -0.502. The van der Waals surface area contributed by atoms with Gasteiger partial charge in [0.15, 0.2) is 0 Å². The van der Waals surface area contributed by atoms with Gasteiger partial charge >= 0.3 is 16.3 Å². The monoisotopic (exact) mass is 250 g/mol. The van der Waals surface area contributed by atoms with Crippen LogP contribution in [0.3, 0.4) is 0 Å². The van der Waals surface area contributed by atoms with Crippen molar-refractivity contribution >= 4 is 22.1 Å². The minimum Gasteiger partial charge on any atom is -0.452 e. The van der Waals surface area contributed by atoms with Crippen molar-refractivity contribution in [3.8, 4) is 0 Å². The first-order valence-electron chi connectivity index (χ1n) is 4.75. The van der Waals surface area contributed by atoms with Gasteiger partial charge in [-0.1, -0.05) is 6.92 Å². The second kappa shape index (κ2) is 4.79. The summed E-state index contributed by atoms with van der Waals surface area (Å²) in [5.74, 6) is -0.313. The average molecular weight is 250 g/mol. The number of piperidine rings is 1. The van der Waals surface area contributed by atoms with Gasteiger partial charge < -0.3 is 4.74 Å². The Kier molecular flexibility index (Phi) is 3.87. The van der Waals surface area contributed by atoms with Crippen LogP contribution in [0.5, 0.6) is 0 Å². The third-order valence-electron chi connectivity index (χ3n) is 2.37. The number of nitrogens with zero attached hydrogens (tertiary/aromatic N) is 1. The van der Waals surface area contributed by atoms with Crippen LogP contribution in [0.4, 0.5) is 4.79 Å². The number of Topliss-reactive ketones (excluding diaryl/α,β-unsaturated/α-hetero) is 1. The molecule has 1 amide bonds. The van der Waals surface area contributed by atoms with Gasteiger partial charge in [0.2, 0.25) is 0 Å². The Morgan fingerprint density at radius 2 is 2.19 bits per heavy atom. The molecule has 92 valence electrons. The lowest BCUT2D eigenvalue weighted by Gasteiger charge is -2.28. The van der Waals surface area contributed by atoms with E-state index in [0.29, 0.717) is 0 Å². The van der Waals surface area contributed by atoms with Gasteiger partial charge in [-0.3, -0.25) is 4.79 Å². The molecular formula is C8H14N2O5S. The fourth-order valence-electron chi connectivity index (χ4n) is 1.41. The quantitative estimate of drug-likeness (QED) is 0.713. The molecule has 1 saturated heterocycles. The topological polar surface area (TPSA) is 92.8 Å². The maximum atomic E-state index is 11.6. The number of nitrogens with one attached hydrogen (secondary N) is 1. The zero-order chi connectivity index (χ0) is 12.3. The fraction of sp³-hybridized carbons (Fsp3) is 0.750. The van der Waals surface area contributed by atoms with Gasteiger partial charge in [-0.15, -0.1) is 0 Å². The summed E-state index contributed by atoms with van der Waals surface area (Å²) >= 11 is 0. The number of hydrogen-bond donors (Lipinski definition) is 1. The van der Waals surface area contributed by atoms with Crippen LogP contribution >= 0.6 is 0 Å². The number of ketones is 1. The van der Waals surface area contributed by atoms with Crippen molar-refractivity contribution in [2.75, 3.05) is 20.2 Å². The van der Waals surface area contributed by atoms with Gasteiger partial charge in [0.1, 0.15) is 5.78 Å². The lowest BCUT2D eigenvalue weighted by molar-refractivity contribution is -0.124. The number of amides is 1. The molecule has 1 aliphatic heterocycles. The molecule has 0 aromatic heterocycles. The Labute approximate surface area is 93.9 Å². The molecule has 0 aromatic rings. The van der Waals surface area contributed by atoms with Crippen LogP contribution < -0.4 is 4.72 Å². The minimum atomic E-state index is -3.89. The number of carbonyl (C=O) groups excluding carboxylic acids is 2. The fourth-order valence-corrected chi connectivity index (χ4v) is 2.58. The van der Waals surface area contributed by atoms with E-state index in [2.05, 4.69) is 4.74 Å². The molecular weight excluding hydrogens is 236 g/mol. The number of carbonyl (C=O) groups is 2. The van der Waals surface area contributed by atoms with E-state index < -0.39 is 16.3 Å². The molecule has 0 aromatic carbocycles. The third-order valence-corrected chi connectivity index (χ3v) is 3.81. The summed E-state index contributed by atoms with van der Waals surface area (Å²) in [4.78, 5) is 22.0. The highest BCUT2D eigenvalue weighted by molar-refractivity contribution is 7.87. The van der Waals surface area contributed by atoms with Gasteiger partial charge in [-0.2, -0.15) is 12.7 Å². The number of ether oxygens (including phenoxy) is 1.